The van der Waals surface area contributed by atoms with Gasteiger partial charge in [-0.2, -0.15) is 0 Å². The van der Waals surface area contributed by atoms with Crippen molar-refractivity contribution in [3.8, 4) is 0 Å². The number of ether oxygens (including phenoxy) is 1. The first-order chi connectivity index (χ1) is 5.24. The van der Waals surface area contributed by atoms with E-state index >= 15 is 0 Å². The van der Waals surface area contributed by atoms with Crippen LogP contribution >= 0.6 is 0 Å². The quantitative estimate of drug-likeness (QED) is 0.465. The number of rotatable bonds is 5. The van der Waals surface area contributed by atoms with E-state index < -0.39 is 0 Å². The Morgan fingerprint density at radius 1 is 1.45 bits per heavy atom. The average Bonchev–Trinajstić information content (AvgIpc) is 2.01. The molecule has 0 heterocycles. The molecule has 0 aliphatic carbocycles. The second kappa shape index (κ2) is 5.89. The molecule has 3 heteroatoms. The fourth-order valence-corrected chi connectivity index (χ4v) is 0.797. The van der Waals surface area contributed by atoms with Crippen molar-refractivity contribution in [2.75, 3.05) is 0 Å². The Hall–Kier alpha value is -0.860. The predicted octanol–water partition coefficient (Wildman–Crippen LogP) is 2.21. The molecule has 0 atom stereocenters. The third-order valence-electron chi connectivity index (χ3n) is 1.51. The Morgan fingerprint density at radius 2 is 2.00 bits per heavy atom. The summed E-state index contributed by atoms with van der Waals surface area (Å²) in [6.45, 7) is 4.07. The van der Waals surface area contributed by atoms with Crippen molar-refractivity contribution in [3.05, 3.63) is 0 Å². The molecule has 0 aromatic carbocycles. The summed E-state index contributed by atoms with van der Waals surface area (Å²) in [5.41, 5.74) is 0. The normalized spacial score (nSPS) is 9.73. The van der Waals surface area contributed by atoms with Gasteiger partial charge in [0, 0.05) is 6.21 Å². The van der Waals surface area contributed by atoms with Gasteiger partial charge >= 0.3 is 0 Å². The maximum Gasteiger partial charge on any atom is 0.186 e. The fraction of sp³-hybridized carbons (Fsp3) is 0.750. The van der Waals surface area contributed by atoms with E-state index in [9.17, 15) is 0 Å². The van der Waals surface area contributed by atoms with Gasteiger partial charge in [-0.1, -0.05) is 13.8 Å². The zero-order chi connectivity index (χ0) is 8.69. The monoisotopic (exact) mass is 156 g/mol. The van der Waals surface area contributed by atoms with Gasteiger partial charge in [-0.05, 0) is 12.8 Å². The lowest BCUT2D eigenvalue weighted by atomic mass is 10.2. The minimum Gasteiger partial charge on any atom is -0.478 e. The highest BCUT2D eigenvalue weighted by molar-refractivity contribution is 5.86. The third kappa shape index (κ3) is 4.53. The maximum atomic E-state index is 7.25. The van der Waals surface area contributed by atoms with E-state index in [1.54, 1.807) is 0 Å². The minimum absolute atomic E-state index is 0.155. The lowest BCUT2D eigenvalue weighted by Crippen LogP contribution is -2.15. The summed E-state index contributed by atoms with van der Waals surface area (Å²) in [6.07, 6.45) is 3.51. The molecular formula is C8H16N2O. The molecule has 0 spiro atoms. The molecule has 0 saturated heterocycles. The van der Waals surface area contributed by atoms with Gasteiger partial charge in [-0.3, -0.25) is 5.41 Å². The first-order valence-electron chi connectivity index (χ1n) is 3.97. The Morgan fingerprint density at radius 3 is 2.36 bits per heavy atom. The van der Waals surface area contributed by atoms with Crippen molar-refractivity contribution in [2.24, 2.45) is 0 Å². The Labute approximate surface area is 67.8 Å². The van der Waals surface area contributed by atoms with E-state index in [0.29, 0.717) is 6.42 Å². The van der Waals surface area contributed by atoms with Gasteiger partial charge in [0.05, 0.1) is 12.5 Å². The standard InChI is InChI=1S/C8H16N2O/c1-3-7(4-2)11-8(10)5-6-9/h6-7,9-10H,3-5H2,1-2H3. The van der Waals surface area contributed by atoms with Crippen LogP contribution in [0.4, 0.5) is 0 Å². The number of hydrogen-bond donors (Lipinski definition) is 2. The third-order valence-corrected chi connectivity index (χ3v) is 1.51. The molecule has 0 unspecified atom stereocenters. The molecule has 64 valence electrons. The Balaban J connectivity index is 3.62. The molecule has 0 aromatic heterocycles. The molecule has 0 aromatic rings. The summed E-state index contributed by atoms with van der Waals surface area (Å²) >= 11 is 0. The van der Waals surface area contributed by atoms with Crippen LogP contribution in [0, 0.1) is 10.8 Å². The lowest BCUT2D eigenvalue weighted by molar-refractivity contribution is 0.174. The predicted molar refractivity (Wildman–Crippen MR) is 46.6 cm³/mol. The molecular weight excluding hydrogens is 140 g/mol. The van der Waals surface area contributed by atoms with E-state index in [1.807, 2.05) is 13.8 Å². The fourth-order valence-electron chi connectivity index (χ4n) is 0.797. The summed E-state index contributed by atoms with van der Waals surface area (Å²) in [6, 6.07) is 0. The Bertz CT molecular complexity index is 130. The molecule has 2 N–H and O–H groups in total. The SMILES string of the molecule is CCC(CC)OC(=N)CC=N. The van der Waals surface area contributed by atoms with Gasteiger partial charge in [0.25, 0.3) is 0 Å². The Kier molecular flexibility index (Phi) is 5.43. The molecule has 0 rings (SSSR count). The number of hydrogen-bond acceptors (Lipinski definition) is 3. The van der Waals surface area contributed by atoms with Crippen molar-refractivity contribution >= 4 is 12.1 Å². The zero-order valence-corrected chi connectivity index (χ0v) is 7.18. The molecule has 0 fully saturated rings. The van der Waals surface area contributed by atoms with Gasteiger partial charge in [0.1, 0.15) is 0 Å². The van der Waals surface area contributed by atoms with Crippen LogP contribution in [0.1, 0.15) is 33.1 Å². The van der Waals surface area contributed by atoms with Crippen LogP contribution in [0.5, 0.6) is 0 Å². The van der Waals surface area contributed by atoms with E-state index in [4.69, 9.17) is 15.6 Å². The van der Waals surface area contributed by atoms with Crippen molar-refractivity contribution in [3.63, 3.8) is 0 Å². The highest BCUT2D eigenvalue weighted by atomic mass is 16.5. The molecule has 0 radical (unpaired) electrons. The van der Waals surface area contributed by atoms with E-state index in [1.165, 1.54) is 6.21 Å². The van der Waals surface area contributed by atoms with Crippen LogP contribution in [-0.4, -0.2) is 18.2 Å². The van der Waals surface area contributed by atoms with Crippen LogP contribution in [0.25, 0.3) is 0 Å². The van der Waals surface area contributed by atoms with E-state index in [0.717, 1.165) is 12.8 Å². The van der Waals surface area contributed by atoms with Crippen molar-refractivity contribution in [1.29, 1.82) is 10.8 Å². The minimum atomic E-state index is 0.155. The maximum absolute atomic E-state index is 7.25. The van der Waals surface area contributed by atoms with Crippen LogP contribution < -0.4 is 0 Å². The second-order valence-electron chi connectivity index (χ2n) is 2.39. The van der Waals surface area contributed by atoms with E-state index in [2.05, 4.69) is 0 Å². The number of nitrogens with one attached hydrogen (secondary N) is 2. The van der Waals surface area contributed by atoms with Crippen LogP contribution in [0.3, 0.4) is 0 Å². The van der Waals surface area contributed by atoms with Gasteiger partial charge in [-0.25, -0.2) is 0 Å². The summed E-state index contributed by atoms with van der Waals surface area (Å²) in [7, 11) is 0. The second-order valence-corrected chi connectivity index (χ2v) is 2.39. The van der Waals surface area contributed by atoms with Crippen LogP contribution in [0.15, 0.2) is 0 Å². The van der Waals surface area contributed by atoms with Crippen molar-refractivity contribution in [1.82, 2.24) is 0 Å². The summed E-state index contributed by atoms with van der Waals surface area (Å²) < 4.78 is 5.22. The lowest BCUT2D eigenvalue weighted by Gasteiger charge is -2.14. The van der Waals surface area contributed by atoms with Crippen molar-refractivity contribution in [2.45, 2.75) is 39.2 Å². The zero-order valence-electron chi connectivity index (χ0n) is 7.18. The van der Waals surface area contributed by atoms with Crippen LogP contribution in [-0.2, 0) is 4.74 Å². The van der Waals surface area contributed by atoms with Crippen molar-refractivity contribution < 1.29 is 4.74 Å². The van der Waals surface area contributed by atoms with Gasteiger partial charge in [-0.15, -0.1) is 0 Å². The van der Waals surface area contributed by atoms with Gasteiger partial charge in [0.15, 0.2) is 5.90 Å². The average molecular weight is 156 g/mol. The molecule has 0 saturated carbocycles. The highest BCUT2D eigenvalue weighted by Gasteiger charge is 2.05. The molecule has 0 amide bonds. The largest absolute Gasteiger partial charge is 0.478 e. The molecule has 3 nitrogen and oxygen atoms in total. The summed E-state index contributed by atoms with van der Waals surface area (Å²) in [5, 5.41) is 14.0. The van der Waals surface area contributed by atoms with Gasteiger partial charge in [0.2, 0.25) is 0 Å². The molecule has 0 aliphatic heterocycles. The summed E-state index contributed by atoms with van der Waals surface area (Å²) in [5.74, 6) is 0.203. The van der Waals surface area contributed by atoms with Gasteiger partial charge < -0.3 is 10.1 Å². The smallest absolute Gasteiger partial charge is 0.186 e. The highest BCUT2D eigenvalue weighted by Crippen LogP contribution is 2.03. The molecule has 0 bridgehead atoms. The molecule has 0 aliphatic rings. The first-order valence-corrected chi connectivity index (χ1v) is 3.97. The topological polar surface area (TPSA) is 56.9 Å². The van der Waals surface area contributed by atoms with E-state index in [-0.39, 0.29) is 12.0 Å². The summed E-state index contributed by atoms with van der Waals surface area (Å²) in [4.78, 5) is 0. The first kappa shape index (κ1) is 10.1. The van der Waals surface area contributed by atoms with Crippen LogP contribution in [0.2, 0.25) is 0 Å². The molecule has 11 heavy (non-hydrogen) atoms.